The molecule has 0 saturated carbocycles. The molecule has 0 bridgehead atoms. The molecule has 0 unspecified atom stereocenters. The first kappa shape index (κ1) is 15.6. The number of hydrogen-bond acceptors (Lipinski definition) is 8. The van der Waals surface area contributed by atoms with Gasteiger partial charge in [-0.1, -0.05) is 12.1 Å². The Labute approximate surface area is 154 Å². The van der Waals surface area contributed by atoms with Gasteiger partial charge in [0.15, 0.2) is 23.0 Å². The maximum atomic E-state index is 6.39. The van der Waals surface area contributed by atoms with Gasteiger partial charge in [-0.15, -0.1) is 0 Å². The minimum absolute atomic E-state index is 0.293. The Hall–Kier alpha value is -3.62. The minimum atomic E-state index is -1.48. The number of rotatable bonds is 0. The lowest BCUT2D eigenvalue weighted by atomic mass is 9.96. The van der Waals surface area contributed by atoms with Crippen molar-refractivity contribution in [2.75, 3.05) is 17.2 Å². The summed E-state index contributed by atoms with van der Waals surface area (Å²) in [5.74, 6) is 0.850. The van der Waals surface area contributed by atoms with E-state index in [4.69, 9.17) is 42.9 Å². The molecule has 8 heteroatoms. The van der Waals surface area contributed by atoms with E-state index in [-0.39, 0.29) is 0 Å². The van der Waals surface area contributed by atoms with E-state index < -0.39 is 5.85 Å². The molecule has 5 rings (SSSR count). The fraction of sp³-hybridized carbons (Fsp3) is 0.0526. The van der Waals surface area contributed by atoms with Gasteiger partial charge in [0.2, 0.25) is 5.85 Å². The Morgan fingerprint density at radius 1 is 0.778 bits per heavy atom. The number of fused-ring (bicyclic) bond motifs is 5. The number of nitrogen functional groups attached to an aromatic ring is 3. The molecule has 10 N–H and O–H groups in total. The minimum Gasteiger partial charge on any atom is -0.455 e. The summed E-state index contributed by atoms with van der Waals surface area (Å²) >= 11 is 0. The normalized spacial score (nSPS) is 15.8. The molecule has 0 atom stereocenters. The van der Waals surface area contributed by atoms with E-state index in [0.717, 1.165) is 0 Å². The van der Waals surface area contributed by atoms with Gasteiger partial charge in [0, 0.05) is 16.3 Å². The number of hydrogen-bond donors (Lipinski definition) is 5. The third-order valence-corrected chi connectivity index (χ3v) is 4.69. The standard InChI is InChI=1S/C19H17N5O3/c20-14-8-5-6-19(23,24)27-17(8)9-7-12-18(16(22)13(9)15(14)21)26-11-4-2-1-3-10(11)25-12/h1-7H,20-24H2. The quantitative estimate of drug-likeness (QED) is 0.181. The van der Waals surface area contributed by atoms with Crippen molar-refractivity contribution in [3.63, 3.8) is 0 Å². The highest BCUT2D eigenvalue weighted by atomic mass is 16.6. The zero-order valence-corrected chi connectivity index (χ0v) is 14.2. The van der Waals surface area contributed by atoms with Crippen LogP contribution in [0.3, 0.4) is 0 Å². The zero-order chi connectivity index (χ0) is 18.9. The van der Waals surface area contributed by atoms with Crippen molar-refractivity contribution in [1.29, 1.82) is 0 Å². The van der Waals surface area contributed by atoms with Crippen molar-refractivity contribution < 1.29 is 14.2 Å². The predicted molar refractivity (Wildman–Crippen MR) is 105 cm³/mol. The monoisotopic (exact) mass is 363 g/mol. The van der Waals surface area contributed by atoms with Gasteiger partial charge in [-0.05, 0) is 30.4 Å². The van der Waals surface area contributed by atoms with Crippen molar-refractivity contribution in [2.24, 2.45) is 11.5 Å². The summed E-state index contributed by atoms with van der Waals surface area (Å²) in [5, 5.41) is 1.08. The first-order valence-electron chi connectivity index (χ1n) is 8.23. The molecule has 2 aliphatic heterocycles. The second kappa shape index (κ2) is 4.97. The summed E-state index contributed by atoms with van der Waals surface area (Å²) in [6.45, 7) is 0. The fourth-order valence-corrected chi connectivity index (χ4v) is 3.40. The number of anilines is 3. The van der Waals surface area contributed by atoms with Crippen LogP contribution < -0.4 is 42.9 Å². The third kappa shape index (κ3) is 2.11. The van der Waals surface area contributed by atoms with Crippen LogP contribution in [0.4, 0.5) is 17.1 Å². The average Bonchev–Trinajstić information content (AvgIpc) is 2.64. The van der Waals surface area contributed by atoms with E-state index in [1.807, 2.05) is 12.1 Å². The topological polar surface area (TPSA) is 158 Å². The van der Waals surface area contributed by atoms with Gasteiger partial charge in [-0.25, -0.2) is 0 Å². The van der Waals surface area contributed by atoms with Gasteiger partial charge in [0.25, 0.3) is 0 Å². The maximum Gasteiger partial charge on any atom is 0.233 e. The molecule has 0 aliphatic carbocycles. The number of ether oxygens (including phenoxy) is 3. The van der Waals surface area contributed by atoms with Crippen molar-refractivity contribution >= 4 is 33.9 Å². The molecular weight excluding hydrogens is 346 g/mol. The second-order valence-corrected chi connectivity index (χ2v) is 6.55. The summed E-state index contributed by atoms with van der Waals surface area (Å²) in [5.41, 5.74) is 32.3. The van der Waals surface area contributed by atoms with Crippen LogP contribution in [0, 0.1) is 0 Å². The summed E-state index contributed by atoms with van der Waals surface area (Å²) in [4.78, 5) is 0. The summed E-state index contributed by atoms with van der Waals surface area (Å²) in [6.07, 6.45) is 3.20. The van der Waals surface area contributed by atoms with Crippen LogP contribution in [0.1, 0.15) is 5.56 Å². The average molecular weight is 363 g/mol. The van der Waals surface area contributed by atoms with E-state index >= 15 is 0 Å². The smallest absolute Gasteiger partial charge is 0.233 e. The molecule has 0 spiro atoms. The Bertz CT molecular complexity index is 1170. The predicted octanol–water partition coefficient (Wildman–Crippen LogP) is 2.46. The number of para-hydroxylation sites is 2. The van der Waals surface area contributed by atoms with Crippen LogP contribution in [0.25, 0.3) is 16.8 Å². The lowest BCUT2D eigenvalue weighted by Gasteiger charge is -2.30. The second-order valence-electron chi connectivity index (χ2n) is 6.55. The molecule has 27 heavy (non-hydrogen) atoms. The molecule has 0 radical (unpaired) electrons. The molecule has 0 amide bonds. The summed E-state index contributed by atoms with van der Waals surface area (Å²) in [7, 11) is 0. The van der Waals surface area contributed by atoms with Gasteiger partial charge in [-0.3, -0.25) is 11.5 Å². The Balaban J connectivity index is 1.84. The van der Waals surface area contributed by atoms with Gasteiger partial charge in [-0.2, -0.15) is 0 Å². The SMILES string of the molecule is Nc1c2c(c3cc4c(c(N)c3c1N)Oc1ccccc1O4)OC(N)(N)C=C2. The molecule has 136 valence electrons. The Kier molecular flexibility index (Phi) is 2.87. The van der Waals surface area contributed by atoms with Crippen molar-refractivity contribution in [2.45, 2.75) is 5.85 Å². The van der Waals surface area contributed by atoms with E-state index in [9.17, 15) is 0 Å². The third-order valence-electron chi connectivity index (χ3n) is 4.69. The highest BCUT2D eigenvalue weighted by molar-refractivity contribution is 6.14. The van der Waals surface area contributed by atoms with E-state index in [2.05, 4.69) is 0 Å². The van der Waals surface area contributed by atoms with Gasteiger partial charge >= 0.3 is 0 Å². The van der Waals surface area contributed by atoms with Gasteiger partial charge in [0.1, 0.15) is 5.75 Å². The molecular formula is C19H17N5O3. The lowest BCUT2D eigenvalue weighted by Crippen LogP contribution is -2.53. The molecule has 8 nitrogen and oxygen atoms in total. The molecule has 0 saturated heterocycles. The highest BCUT2D eigenvalue weighted by Gasteiger charge is 2.31. The van der Waals surface area contributed by atoms with E-state index in [1.54, 1.807) is 24.3 Å². The van der Waals surface area contributed by atoms with Crippen LogP contribution in [0.2, 0.25) is 0 Å². The molecule has 2 aliphatic rings. The highest BCUT2D eigenvalue weighted by Crippen LogP contribution is 2.55. The van der Waals surface area contributed by atoms with E-state index in [1.165, 1.54) is 6.08 Å². The molecule has 0 aromatic heterocycles. The van der Waals surface area contributed by atoms with Crippen LogP contribution in [-0.4, -0.2) is 5.85 Å². The van der Waals surface area contributed by atoms with Crippen LogP contribution in [0.15, 0.2) is 36.4 Å². The maximum absolute atomic E-state index is 6.39. The zero-order valence-electron chi connectivity index (χ0n) is 14.2. The first-order valence-corrected chi connectivity index (χ1v) is 8.23. The van der Waals surface area contributed by atoms with E-state index in [0.29, 0.717) is 62.1 Å². The summed E-state index contributed by atoms with van der Waals surface area (Å²) in [6, 6.07) is 9.02. The van der Waals surface area contributed by atoms with Crippen LogP contribution in [-0.2, 0) is 0 Å². The largest absolute Gasteiger partial charge is 0.455 e. The lowest BCUT2D eigenvalue weighted by molar-refractivity contribution is 0.135. The Morgan fingerprint density at radius 3 is 2.22 bits per heavy atom. The molecule has 3 aromatic carbocycles. The van der Waals surface area contributed by atoms with Crippen molar-refractivity contribution in [3.8, 4) is 28.7 Å². The van der Waals surface area contributed by atoms with Gasteiger partial charge in [0.05, 0.1) is 17.1 Å². The van der Waals surface area contributed by atoms with Crippen molar-refractivity contribution in [3.05, 3.63) is 42.0 Å². The summed E-state index contributed by atoms with van der Waals surface area (Å²) < 4.78 is 17.7. The fourth-order valence-electron chi connectivity index (χ4n) is 3.40. The molecule has 0 fully saturated rings. The van der Waals surface area contributed by atoms with Crippen LogP contribution >= 0.6 is 0 Å². The van der Waals surface area contributed by atoms with Gasteiger partial charge < -0.3 is 31.4 Å². The Morgan fingerprint density at radius 2 is 1.48 bits per heavy atom. The first-order chi connectivity index (χ1) is 12.9. The van der Waals surface area contributed by atoms with Crippen molar-refractivity contribution in [1.82, 2.24) is 0 Å². The molecule has 3 aromatic rings. The number of nitrogens with two attached hydrogens (primary N) is 5. The number of benzene rings is 3. The van der Waals surface area contributed by atoms with Crippen LogP contribution in [0.5, 0.6) is 28.7 Å². The molecule has 2 heterocycles.